The van der Waals surface area contributed by atoms with Crippen molar-refractivity contribution in [1.82, 2.24) is 9.88 Å². The van der Waals surface area contributed by atoms with Gasteiger partial charge < -0.3 is 9.47 Å². The number of ether oxygens (including phenoxy) is 2. The molecule has 140 valence electrons. The second-order valence-electron chi connectivity index (χ2n) is 7.50. The zero-order valence-electron chi connectivity index (χ0n) is 15.7. The van der Waals surface area contributed by atoms with Crippen LogP contribution in [0.1, 0.15) is 36.8 Å². The van der Waals surface area contributed by atoms with Crippen LogP contribution in [-0.4, -0.2) is 41.3 Å². The van der Waals surface area contributed by atoms with Crippen LogP contribution in [0.2, 0.25) is 0 Å². The molecule has 3 atom stereocenters. The number of benzene rings is 1. The van der Waals surface area contributed by atoms with Gasteiger partial charge in [0.1, 0.15) is 6.10 Å². The van der Waals surface area contributed by atoms with Gasteiger partial charge >= 0.3 is 0 Å². The topological polar surface area (TPSA) is 58.4 Å². The van der Waals surface area contributed by atoms with E-state index in [1.165, 1.54) is 5.56 Å². The van der Waals surface area contributed by atoms with Crippen LogP contribution in [0, 0.1) is 11.3 Å². The summed E-state index contributed by atoms with van der Waals surface area (Å²) < 4.78 is 12.2. The monoisotopic (exact) mass is 363 g/mol. The van der Waals surface area contributed by atoms with E-state index < -0.39 is 0 Å². The Hall–Kier alpha value is -2.42. The Morgan fingerprint density at radius 3 is 2.96 bits per heavy atom. The number of pyridine rings is 1. The molecule has 2 heterocycles. The maximum absolute atomic E-state index is 9.16. The third-order valence-electron chi connectivity index (χ3n) is 6.02. The van der Waals surface area contributed by atoms with Crippen LogP contribution in [-0.2, 0) is 11.3 Å². The van der Waals surface area contributed by atoms with Crippen molar-refractivity contribution in [3.8, 4) is 11.9 Å². The van der Waals surface area contributed by atoms with E-state index in [2.05, 4.69) is 22.0 Å². The number of nitrogens with zero attached hydrogens (tertiary/aromatic N) is 3. The maximum Gasteiger partial charge on any atom is 0.213 e. The zero-order chi connectivity index (χ0) is 18.7. The van der Waals surface area contributed by atoms with Gasteiger partial charge in [-0.15, -0.1) is 0 Å². The third kappa shape index (κ3) is 3.69. The van der Waals surface area contributed by atoms with Crippen molar-refractivity contribution >= 4 is 0 Å². The van der Waals surface area contributed by atoms with Crippen molar-refractivity contribution in [2.75, 3.05) is 13.7 Å². The molecule has 0 spiro atoms. The van der Waals surface area contributed by atoms with E-state index in [4.69, 9.17) is 14.7 Å². The van der Waals surface area contributed by atoms with Crippen molar-refractivity contribution < 1.29 is 9.47 Å². The SMILES string of the molecule is CO[C@@]12CC[C@H](Oc3ccccn3)C[C@@H]1N(Cc1cccc(C#N)c1)CC2. The van der Waals surface area contributed by atoms with Gasteiger partial charge in [0.05, 0.1) is 17.2 Å². The second kappa shape index (κ2) is 7.67. The molecule has 2 fully saturated rings. The van der Waals surface area contributed by atoms with Crippen molar-refractivity contribution in [3.05, 3.63) is 59.8 Å². The quantitative estimate of drug-likeness (QED) is 0.813. The molecule has 5 heteroatoms. The predicted molar refractivity (Wildman–Crippen MR) is 102 cm³/mol. The van der Waals surface area contributed by atoms with E-state index in [-0.39, 0.29) is 11.7 Å². The largest absolute Gasteiger partial charge is 0.474 e. The van der Waals surface area contributed by atoms with Crippen LogP contribution in [0.15, 0.2) is 48.7 Å². The molecule has 0 radical (unpaired) electrons. The van der Waals surface area contributed by atoms with Gasteiger partial charge in [0.25, 0.3) is 0 Å². The fourth-order valence-corrected chi connectivity index (χ4v) is 4.61. The molecule has 5 nitrogen and oxygen atoms in total. The Balaban J connectivity index is 1.49. The summed E-state index contributed by atoms with van der Waals surface area (Å²) in [4.78, 5) is 6.80. The van der Waals surface area contributed by atoms with Gasteiger partial charge in [-0.3, -0.25) is 4.90 Å². The maximum atomic E-state index is 9.16. The van der Waals surface area contributed by atoms with Gasteiger partial charge in [0.15, 0.2) is 0 Å². The minimum absolute atomic E-state index is 0.0865. The van der Waals surface area contributed by atoms with E-state index in [1.807, 2.05) is 43.5 Å². The Labute approximate surface area is 160 Å². The number of methoxy groups -OCH3 is 1. The molecule has 0 unspecified atom stereocenters. The third-order valence-corrected chi connectivity index (χ3v) is 6.02. The number of rotatable bonds is 5. The molecular weight excluding hydrogens is 338 g/mol. The number of likely N-dealkylation sites (tertiary alicyclic amines) is 1. The van der Waals surface area contributed by atoms with Crippen LogP contribution < -0.4 is 4.74 Å². The lowest BCUT2D eigenvalue weighted by molar-refractivity contribution is -0.0843. The second-order valence-corrected chi connectivity index (χ2v) is 7.50. The molecule has 2 aromatic rings. The van der Waals surface area contributed by atoms with Gasteiger partial charge in [-0.25, -0.2) is 4.98 Å². The first-order chi connectivity index (χ1) is 13.2. The molecule has 27 heavy (non-hydrogen) atoms. The Bertz CT molecular complexity index is 820. The smallest absolute Gasteiger partial charge is 0.213 e. The minimum atomic E-state index is -0.0865. The predicted octanol–water partition coefficient (Wildman–Crippen LogP) is 3.54. The lowest BCUT2D eigenvalue weighted by atomic mass is 9.79. The summed E-state index contributed by atoms with van der Waals surface area (Å²) in [6, 6.07) is 16.2. The molecule has 1 saturated carbocycles. The van der Waals surface area contributed by atoms with E-state index in [9.17, 15) is 0 Å². The molecule has 1 aliphatic carbocycles. The number of hydrogen-bond acceptors (Lipinski definition) is 5. The summed E-state index contributed by atoms with van der Waals surface area (Å²) in [6.45, 7) is 1.84. The lowest BCUT2D eigenvalue weighted by Crippen LogP contribution is -2.52. The highest BCUT2D eigenvalue weighted by Crippen LogP contribution is 2.43. The lowest BCUT2D eigenvalue weighted by Gasteiger charge is -2.43. The van der Waals surface area contributed by atoms with Gasteiger partial charge in [0, 0.05) is 44.9 Å². The van der Waals surface area contributed by atoms with E-state index in [1.54, 1.807) is 6.20 Å². The van der Waals surface area contributed by atoms with Gasteiger partial charge in [-0.1, -0.05) is 18.2 Å². The summed E-state index contributed by atoms with van der Waals surface area (Å²) in [5, 5.41) is 9.16. The molecule has 1 aromatic heterocycles. The van der Waals surface area contributed by atoms with E-state index >= 15 is 0 Å². The highest BCUT2D eigenvalue weighted by Gasteiger charge is 2.51. The molecular formula is C22H25N3O2. The summed E-state index contributed by atoms with van der Waals surface area (Å²) in [7, 11) is 1.84. The first kappa shape index (κ1) is 18.0. The Kier molecular flexibility index (Phi) is 5.11. The minimum Gasteiger partial charge on any atom is -0.474 e. The molecule has 2 aliphatic rings. The first-order valence-electron chi connectivity index (χ1n) is 9.58. The Morgan fingerprint density at radius 1 is 1.26 bits per heavy atom. The standard InChI is InChI=1S/C22H25N3O2/c1-26-22-9-8-19(27-21-7-2-3-11-24-21)14-20(22)25(12-10-22)16-18-6-4-5-17(13-18)15-23/h2-7,11,13,19-20H,8-10,12,14,16H2,1H3/t19-,20-,22+/m0/s1. The fraction of sp³-hybridized carbons (Fsp3) is 0.455. The average molecular weight is 363 g/mol. The summed E-state index contributed by atoms with van der Waals surface area (Å²) >= 11 is 0. The van der Waals surface area contributed by atoms with Crippen molar-refractivity contribution in [2.45, 2.75) is 50.0 Å². The molecule has 0 N–H and O–H groups in total. The molecule has 1 aromatic carbocycles. The zero-order valence-corrected chi connectivity index (χ0v) is 15.7. The van der Waals surface area contributed by atoms with Crippen LogP contribution in [0.25, 0.3) is 0 Å². The molecule has 1 aliphatic heterocycles. The highest BCUT2D eigenvalue weighted by molar-refractivity contribution is 5.33. The normalized spacial score (nSPS) is 27.7. The Morgan fingerprint density at radius 2 is 2.19 bits per heavy atom. The summed E-state index contributed by atoms with van der Waals surface area (Å²) in [5.74, 6) is 0.693. The molecule has 0 bridgehead atoms. The molecule has 4 rings (SSSR count). The molecule has 0 amide bonds. The van der Waals surface area contributed by atoms with Crippen LogP contribution >= 0.6 is 0 Å². The summed E-state index contributed by atoms with van der Waals surface area (Å²) in [6.07, 6.45) is 5.88. The number of fused-ring (bicyclic) bond motifs is 1. The van der Waals surface area contributed by atoms with E-state index in [0.29, 0.717) is 17.5 Å². The number of aromatic nitrogens is 1. The fourth-order valence-electron chi connectivity index (χ4n) is 4.61. The summed E-state index contributed by atoms with van der Waals surface area (Å²) in [5.41, 5.74) is 1.80. The first-order valence-corrected chi connectivity index (χ1v) is 9.58. The number of hydrogen-bond donors (Lipinski definition) is 0. The average Bonchev–Trinajstić information content (AvgIpc) is 3.07. The molecule has 1 saturated heterocycles. The van der Waals surface area contributed by atoms with Crippen LogP contribution in [0.3, 0.4) is 0 Å². The highest BCUT2D eigenvalue weighted by atomic mass is 16.5. The van der Waals surface area contributed by atoms with Crippen LogP contribution in [0.4, 0.5) is 0 Å². The van der Waals surface area contributed by atoms with Crippen molar-refractivity contribution in [2.24, 2.45) is 0 Å². The van der Waals surface area contributed by atoms with E-state index in [0.717, 1.165) is 38.8 Å². The van der Waals surface area contributed by atoms with Crippen LogP contribution in [0.5, 0.6) is 5.88 Å². The van der Waals surface area contributed by atoms with Gasteiger partial charge in [-0.05, 0) is 43.0 Å². The van der Waals surface area contributed by atoms with Gasteiger partial charge in [-0.2, -0.15) is 5.26 Å². The van der Waals surface area contributed by atoms with Crippen molar-refractivity contribution in [1.29, 1.82) is 5.26 Å². The van der Waals surface area contributed by atoms with Gasteiger partial charge in [0.2, 0.25) is 5.88 Å². The number of nitriles is 1. The van der Waals surface area contributed by atoms with Crippen molar-refractivity contribution in [3.63, 3.8) is 0 Å².